The van der Waals surface area contributed by atoms with Crippen molar-refractivity contribution in [3.63, 3.8) is 0 Å². The fourth-order valence-corrected chi connectivity index (χ4v) is 2.52. The standard InChI is InChI=1S/C13H20N4O4/c1-8(18)10-7-16(3-4-17(10)13(19)20)9-6-15-12(14)5-11(9)21-2/h5-6,8,10,18H,3-4,7H2,1-2H3,(H2,14,15)(H,19,20)/t8-,10-/m1/s1. The van der Waals surface area contributed by atoms with E-state index in [1.807, 2.05) is 4.90 Å². The second-order valence-corrected chi connectivity index (χ2v) is 5.01. The summed E-state index contributed by atoms with van der Waals surface area (Å²) in [6.07, 6.45) is -0.191. The predicted octanol–water partition coefficient (Wildman–Crippen LogP) is 0.222. The Bertz CT molecular complexity index is 523. The molecule has 1 aromatic heterocycles. The van der Waals surface area contributed by atoms with Crippen LogP contribution in [0, 0.1) is 0 Å². The van der Waals surface area contributed by atoms with E-state index in [9.17, 15) is 15.0 Å². The molecule has 2 atom stereocenters. The number of hydrogen-bond donors (Lipinski definition) is 3. The van der Waals surface area contributed by atoms with E-state index < -0.39 is 18.2 Å². The van der Waals surface area contributed by atoms with E-state index in [0.717, 1.165) is 5.69 Å². The van der Waals surface area contributed by atoms with Crippen LogP contribution in [-0.4, -0.2) is 65.1 Å². The topological polar surface area (TPSA) is 112 Å². The van der Waals surface area contributed by atoms with E-state index in [-0.39, 0.29) is 0 Å². The maximum Gasteiger partial charge on any atom is 0.407 e. The average molecular weight is 296 g/mol. The molecular weight excluding hydrogens is 276 g/mol. The van der Waals surface area contributed by atoms with Crippen molar-refractivity contribution in [3.05, 3.63) is 12.3 Å². The molecule has 8 nitrogen and oxygen atoms in total. The van der Waals surface area contributed by atoms with Gasteiger partial charge in [-0.1, -0.05) is 0 Å². The lowest BCUT2D eigenvalue weighted by molar-refractivity contribution is 0.0515. The van der Waals surface area contributed by atoms with Crippen LogP contribution in [0.4, 0.5) is 16.3 Å². The molecule has 21 heavy (non-hydrogen) atoms. The molecule has 8 heteroatoms. The number of methoxy groups -OCH3 is 1. The van der Waals surface area contributed by atoms with Gasteiger partial charge in [0, 0.05) is 25.7 Å². The second kappa shape index (κ2) is 6.04. The summed E-state index contributed by atoms with van der Waals surface area (Å²) in [7, 11) is 1.54. The third-order valence-electron chi connectivity index (χ3n) is 3.65. The van der Waals surface area contributed by atoms with Gasteiger partial charge in [-0.05, 0) is 6.92 Å². The van der Waals surface area contributed by atoms with Crippen molar-refractivity contribution in [2.24, 2.45) is 0 Å². The molecule has 0 bridgehead atoms. The zero-order valence-electron chi connectivity index (χ0n) is 12.1. The van der Waals surface area contributed by atoms with E-state index >= 15 is 0 Å². The highest BCUT2D eigenvalue weighted by molar-refractivity contribution is 5.67. The number of aliphatic hydroxyl groups is 1. The fourth-order valence-electron chi connectivity index (χ4n) is 2.52. The van der Waals surface area contributed by atoms with Crippen LogP contribution in [0.15, 0.2) is 12.3 Å². The van der Waals surface area contributed by atoms with Gasteiger partial charge in [-0.25, -0.2) is 9.78 Å². The normalized spacial score (nSPS) is 20.2. The summed E-state index contributed by atoms with van der Waals surface area (Å²) in [5.74, 6) is 0.933. The molecule has 0 aromatic carbocycles. The maximum absolute atomic E-state index is 11.2. The molecule has 2 rings (SSSR count). The first-order valence-electron chi connectivity index (χ1n) is 6.66. The molecule has 1 amide bonds. The van der Waals surface area contributed by atoms with Gasteiger partial charge in [-0.3, -0.25) is 4.90 Å². The minimum atomic E-state index is -1.03. The number of nitrogen functional groups attached to an aromatic ring is 1. The Labute approximate surface area is 122 Å². The van der Waals surface area contributed by atoms with Crippen molar-refractivity contribution in [1.82, 2.24) is 9.88 Å². The summed E-state index contributed by atoms with van der Waals surface area (Å²) in [4.78, 5) is 18.5. The Morgan fingerprint density at radius 3 is 2.86 bits per heavy atom. The highest BCUT2D eigenvalue weighted by atomic mass is 16.5. The monoisotopic (exact) mass is 296 g/mol. The van der Waals surface area contributed by atoms with Crippen molar-refractivity contribution in [2.75, 3.05) is 37.4 Å². The number of nitrogens with zero attached hydrogens (tertiary/aromatic N) is 3. The quantitative estimate of drug-likeness (QED) is 0.731. The molecule has 0 radical (unpaired) electrons. The predicted molar refractivity (Wildman–Crippen MR) is 77.6 cm³/mol. The SMILES string of the molecule is COc1cc(N)ncc1N1CCN(C(=O)O)[C@@H]([C@@H](C)O)C1. The number of carbonyl (C=O) groups is 1. The first-order chi connectivity index (χ1) is 9.93. The van der Waals surface area contributed by atoms with E-state index in [2.05, 4.69) is 4.98 Å². The molecule has 1 aliphatic rings. The second-order valence-electron chi connectivity index (χ2n) is 5.01. The summed E-state index contributed by atoms with van der Waals surface area (Å²) in [6, 6.07) is 1.12. The lowest BCUT2D eigenvalue weighted by Gasteiger charge is -2.42. The van der Waals surface area contributed by atoms with Crippen LogP contribution in [0.1, 0.15) is 6.92 Å². The van der Waals surface area contributed by atoms with Gasteiger partial charge in [0.05, 0.1) is 31.1 Å². The molecule has 116 valence electrons. The van der Waals surface area contributed by atoms with Crippen molar-refractivity contribution in [3.8, 4) is 5.75 Å². The summed E-state index contributed by atoms with van der Waals surface area (Å²) in [5.41, 5.74) is 6.37. The van der Waals surface area contributed by atoms with Crippen LogP contribution in [0.25, 0.3) is 0 Å². The van der Waals surface area contributed by atoms with Gasteiger partial charge in [-0.15, -0.1) is 0 Å². The first kappa shape index (κ1) is 15.2. The van der Waals surface area contributed by atoms with Gasteiger partial charge in [0.2, 0.25) is 0 Å². The Balaban J connectivity index is 2.25. The Kier molecular flexibility index (Phi) is 4.37. The Morgan fingerprint density at radius 2 is 2.29 bits per heavy atom. The summed E-state index contributed by atoms with van der Waals surface area (Å²) in [5, 5.41) is 19.0. The number of ether oxygens (including phenoxy) is 1. The van der Waals surface area contributed by atoms with Crippen LogP contribution in [0.5, 0.6) is 5.75 Å². The molecule has 0 unspecified atom stereocenters. The van der Waals surface area contributed by atoms with Crippen molar-refractivity contribution in [1.29, 1.82) is 0 Å². The van der Waals surface area contributed by atoms with E-state index in [1.54, 1.807) is 19.2 Å². The van der Waals surface area contributed by atoms with Crippen LogP contribution in [-0.2, 0) is 0 Å². The van der Waals surface area contributed by atoms with Gasteiger partial charge in [-0.2, -0.15) is 0 Å². The first-order valence-corrected chi connectivity index (χ1v) is 6.66. The highest BCUT2D eigenvalue weighted by Gasteiger charge is 2.34. The molecular formula is C13H20N4O4. The Hall–Kier alpha value is -2.22. The summed E-state index contributed by atoms with van der Waals surface area (Å²) < 4.78 is 5.30. The molecule has 1 aliphatic heterocycles. The molecule has 1 fully saturated rings. The Morgan fingerprint density at radius 1 is 1.57 bits per heavy atom. The van der Waals surface area contributed by atoms with Crippen LogP contribution < -0.4 is 15.4 Å². The molecule has 0 spiro atoms. The zero-order valence-corrected chi connectivity index (χ0v) is 12.1. The number of nitrogens with two attached hydrogens (primary N) is 1. The maximum atomic E-state index is 11.2. The number of pyridine rings is 1. The smallest absolute Gasteiger partial charge is 0.407 e. The van der Waals surface area contributed by atoms with Gasteiger partial charge < -0.3 is 25.6 Å². The molecule has 4 N–H and O–H groups in total. The highest BCUT2D eigenvalue weighted by Crippen LogP contribution is 2.30. The van der Waals surface area contributed by atoms with Gasteiger partial charge in [0.25, 0.3) is 0 Å². The van der Waals surface area contributed by atoms with Gasteiger partial charge >= 0.3 is 6.09 Å². The summed E-state index contributed by atoms with van der Waals surface area (Å²) >= 11 is 0. The molecule has 2 heterocycles. The van der Waals surface area contributed by atoms with Crippen molar-refractivity contribution >= 4 is 17.6 Å². The van der Waals surface area contributed by atoms with Crippen molar-refractivity contribution < 1.29 is 19.7 Å². The minimum Gasteiger partial charge on any atom is -0.494 e. The van der Waals surface area contributed by atoms with Crippen LogP contribution in [0.3, 0.4) is 0 Å². The van der Waals surface area contributed by atoms with Crippen LogP contribution in [0.2, 0.25) is 0 Å². The number of piperazine rings is 1. The number of hydrogen-bond acceptors (Lipinski definition) is 6. The third kappa shape index (κ3) is 3.10. The summed E-state index contributed by atoms with van der Waals surface area (Å²) in [6.45, 7) is 2.75. The minimum absolute atomic E-state index is 0.304. The van der Waals surface area contributed by atoms with Crippen molar-refractivity contribution in [2.45, 2.75) is 19.1 Å². The lowest BCUT2D eigenvalue weighted by Crippen LogP contribution is -2.58. The largest absolute Gasteiger partial charge is 0.494 e. The van der Waals surface area contributed by atoms with Gasteiger partial charge in [0.1, 0.15) is 11.6 Å². The molecule has 0 saturated carbocycles. The van der Waals surface area contributed by atoms with E-state index in [4.69, 9.17) is 10.5 Å². The number of amides is 1. The number of anilines is 2. The zero-order chi connectivity index (χ0) is 15.6. The average Bonchev–Trinajstić information content (AvgIpc) is 2.46. The van der Waals surface area contributed by atoms with Gasteiger partial charge in [0.15, 0.2) is 0 Å². The number of aromatic nitrogens is 1. The third-order valence-corrected chi connectivity index (χ3v) is 3.65. The molecule has 1 saturated heterocycles. The fraction of sp³-hybridized carbons (Fsp3) is 0.538. The lowest BCUT2D eigenvalue weighted by atomic mass is 10.1. The van der Waals surface area contributed by atoms with E-state index in [1.165, 1.54) is 12.0 Å². The molecule has 1 aromatic rings. The van der Waals surface area contributed by atoms with Crippen LogP contribution >= 0.6 is 0 Å². The molecule has 0 aliphatic carbocycles. The number of carboxylic acid groups (broad SMARTS) is 1. The van der Waals surface area contributed by atoms with E-state index in [0.29, 0.717) is 31.2 Å². The number of rotatable bonds is 3. The number of aliphatic hydroxyl groups excluding tert-OH is 1.